The topological polar surface area (TPSA) is 35.8 Å². The predicted octanol–water partition coefficient (Wildman–Crippen LogP) is 3.29. The molecule has 0 saturated heterocycles. The number of hydrogen-bond acceptors (Lipinski definition) is 3. The highest BCUT2D eigenvalue weighted by Gasteiger charge is 2.21. The standard InChI is InChI=1S/C11H15BrN2S/c1-11(2,8-14-5-3-4-13)10-6-9(12)7-15-10/h6-7,14H,3,5,8H2,1-2H3. The second-order valence-corrected chi connectivity index (χ2v) is 5.92. The summed E-state index contributed by atoms with van der Waals surface area (Å²) in [5.41, 5.74) is 0.131. The summed E-state index contributed by atoms with van der Waals surface area (Å²) < 4.78 is 1.15. The highest BCUT2D eigenvalue weighted by atomic mass is 79.9. The fourth-order valence-electron chi connectivity index (χ4n) is 1.30. The highest BCUT2D eigenvalue weighted by Crippen LogP contribution is 2.30. The van der Waals surface area contributed by atoms with Crippen LogP contribution in [0.4, 0.5) is 0 Å². The van der Waals surface area contributed by atoms with Gasteiger partial charge in [-0.2, -0.15) is 5.26 Å². The normalized spacial score (nSPS) is 11.3. The minimum absolute atomic E-state index is 0.131. The van der Waals surface area contributed by atoms with Crippen molar-refractivity contribution in [2.75, 3.05) is 13.1 Å². The van der Waals surface area contributed by atoms with E-state index in [0.717, 1.165) is 17.6 Å². The molecule has 0 fully saturated rings. The molecule has 0 amide bonds. The Balaban J connectivity index is 2.48. The van der Waals surface area contributed by atoms with Crippen molar-refractivity contribution in [1.29, 1.82) is 5.26 Å². The van der Waals surface area contributed by atoms with E-state index < -0.39 is 0 Å². The van der Waals surface area contributed by atoms with Gasteiger partial charge in [0.1, 0.15) is 0 Å². The molecule has 0 saturated carbocycles. The van der Waals surface area contributed by atoms with E-state index in [2.05, 4.69) is 52.6 Å². The Kier molecular flexibility index (Phi) is 4.78. The van der Waals surface area contributed by atoms with Crippen LogP contribution in [0.3, 0.4) is 0 Å². The van der Waals surface area contributed by atoms with Gasteiger partial charge >= 0.3 is 0 Å². The summed E-state index contributed by atoms with van der Waals surface area (Å²) in [7, 11) is 0. The fourth-order valence-corrected chi connectivity index (χ4v) is 2.85. The van der Waals surface area contributed by atoms with Crippen molar-refractivity contribution in [2.24, 2.45) is 0 Å². The Morgan fingerprint density at radius 1 is 1.60 bits per heavy atom. The number of nitriles is 1. The summed E-state index contributed by atoms with van der Waals surface area (Å²) in [6.45, 7) is 6.10. The van der Waals surface area contributed by atoms with E-state index in [4.69, 9.17) is 5.26 Å². The Hall–Kier alpha value is -0.370. The molecule has 82 valence electrons. The molecule has 0 radical (unpaired) electrons. The largest absolute Gasteiger partial charge is 0.315 e. The minimum Gasteiger partial charge on any atom is -0.315 e. The summed E-state index contributed by atoms with van der Waals surface area (Å²) in [4.78, 5) is 1.36. The molecule has 2 nitrogen and oxygen atoms in total. The van der Waals surface area contributed by atoms with Crippen LogP contribution < -0.4 is 5.32 Å². The van der Waals surface area contributed by atoms with E-state index in [9.17, 15) is 0 Å². The Morgan fingerprint density at radius 2 is 2.33 bits per heavy atom. The van der Waals surface area contributed by atoms with Crippen LogP contribution in [0.5, 0.6) is 0 Å². The van der Waals surface area contributed by atoms with Crippen LogP contribution >= 0.6 is 27.3 Å². The lowest BCUT2D eigenvalue weighted by Crippen LogP contribution is -2.32. The van der Waals surface area contributed by atoms with Gasteiger partial charge in [0.25, 0.3) is 0 Å². The minimum atomic E-state index is 0.131. The Morgan fingerprint density at radius 3 is 2.87 bits per heavy atom. The molecular weight excluding hydrogens is 272 g/mol. The van der Waals surface area contributed by atoms with E-state index in [1.807, 2.05) is 0 Å². The molecule has 0 unspecified atom stereocenters. The first-order chi connectivity index (χ1) is 7.06. The van der Waals surface area contributed by atoms with Crippen LogP contribution in [-0.2, 0) is 5.41 Å². The predicted molar refractivity (Wildman–Crippen MR) is 68.1 cm³/mol. The maximum atomic E-state index is 8.42. The van der Waals surface area contributed by atoms with Crippen molar-refractivity contribution >= 4 is 27.3 Å². The Bertz CT molecular complexity index is 352. The molecule has 1 heterocycles. The van der Waals surface area contributed by atoms with E-state index in [1.165, 1.54) is 4.88 Å². The van der Waals surface area contributed by atoms with Crippen molar-refractivity contribution < 1.29 is 0 Å². The van der Waals surface area contributed by atoms with Crippen LogP contribution in [0, 0.1) is 11.3 Å². The van der Waals surface area contributed by atoms with Crippen LogP contribution in [-0.4, -0.2) is 13.1 Å². The second kappa shape index (κ2) is 5.64. The third-order valence-corrected chi connectivity index (χ3v) is 4.27. The maximum Gasteiger partial charge on any atom is 0.0635 e. The van der Waals surface area contributed by atoms with Crippen LogP contribution in [0.1, 0.15) is 25.1 Å². The van der Waals surface area contributed by atoms with Crippen molar-refractivity contribution in [2.45, 2.75) is 25.7 Å². The molecular formula is C11H15BrN2S. The summed E-state index contributed by atoms with van der Waals surface area (Å²) in [6.07, 6.45) is 0.574. The molecule has 4 heteroatoms. The lowest BCUT2D eigenvalue weighted by Gasteiger charge is -2.23. The van der Waals surface area contributed by atoms with Crippen LogP contribution in [0.2, 0.25) is 0 Å². The molecule has 0 spiro atoms. The molecule has 1 aromatic heterocycles. The maximum absolute atomic E-state index is 8.42. The van der Waals surface area contributed by atoms with Gasteiger partial charge in [0, 0.05) is 39.7 Å². The van der Waals surface area contributed by atoms with E-state index in [0.29, 0.717) is 6.42 Å². The molecule has 0 atom stereocenters. The number of nitrogens with zero attached hydrogens (tertiary/aromatic N) is 1. The van der Waals surface area contributed by atoms with Gasteiger partial charge in [0.15, 0.2) is 0 Å². The number of nitrogens with one attached hydrogen (secondary N) is 1. The molecule has 15 heavy (non-hydrogen) atoms. The number of halogens is 1. The molecule has 0 aliphatic carbocycles. The summed E-state index contributed by atoms with van der Waals surface area (Å²) in [5, 5.41) is 13.8. The van der Waals surface area contributed by atoms with Gasteiger partial charge in [-0.05, 0) is 22.0 Å². The number of hydrogen-bond donors (Lipinski definition) is 1. The smallest absolute Gasteiger partial charge is 0.0635 e. The molecule has 1 N–H and O–H groups in total. The van der Waals surface area contributed by atoms with Crippen molar-refractivity contribution in [3.63, 3.8) is 0 Å². The van der Waals surface area contributed by atoms with E-state index in [-0.39, 0.29) is 5.41 Å². The molecule has 1 aromatic rings. The van der Waals surface area contributed by atoms with Crippen molar-refractivity contribution in [1.82, 2.24) is 5.32 Å². The third-order valence-electron chi connectivity index (χ3n) is 2.22. The van der Waals surface area contributed by atoms with Gasteiger partial charge in [-0.15, -0.1) is 11.3 Å². The first-order valence-corrected chi connectivity index (χ1v) is 6.56. The van der Waals surface area contributed by atoms with Crippen molar-refractivity contribution in [3.8, 4) is 6.07 Å². The average Bonchev–Trinajstić information content (AvgIpc) is 2.60. The first-order valence-electron chi connectivity index (χ1n) is 4.88. The van der Waals surface area contributed by atoms with Gasteiger partial charge in [-0.1, -0.05) is 13.8 Å². The molecule has 0 aromatic carbocycles. The van der Waals surface area contributed by atoms with Crippen LogP contribution in [0.15, 0.2) is 15.9 Å². The number of thiophene rings is 1. The van der Waals surface area contributed by atoms with Gasteiger partial charge in [0.2, 0.25) is 0 Å². The molecule has 0 aliphatic heterocycles. The van der Waals surface area contributed by atoms with E-state index >= 15 is 0 Å². The lowest BCUT2D eigenvalue weighted by molar-refractivity contribution is 0.481. The zero-order valence-corrected chi connectivity index (χ0v) is 11.4. The first kappa shape index (κ1) is 12.7. The van der Waals surface area contributed by atoms with Crippen molar-refractivity contribution in [3.05, 3.63) is 20.8 Å². The third kappa shape index (κ3) is 3.94. The summed E-state index contributed by atoms with van der Waals surface area (Å²) in [6, 6.07) is 4.29. The van der Waals surface area contributed by atoms with E-state index in [1.54, 1.807) is 11.3 Å². The second-order valence-electron chi connectivity index (χ2n) is 4.10. The lowest BCUT2D eigenvalue weighted by atomic mass is 9.91. The quantitative estimate of drug-likeness (QED) is 0.843. The highest BCUT2D eigenvalue weighted by molar-refractivity contribution is 9.10. The summed E-state index contributed by atoms with van der Waals surface area (Å²) in [5.74, 6) is 0. The van der Waals surface area contributed by atoms with Gasteiger partial charge in [0.05, 0.1) is 6.07 Å². The SMILES string of the molecule is CC(C)(CNCCC#N)c1cc(Br)cs1. The average molecular weight is 287 g/mol. The number of rotatable bonds is 5. The van der Waals surface area contributed by atoms with Gasteiger partial charge in [-0.25, -0.2) is 0 Å². The molecule has 0 aliphatic rings. The zero-order valence-electron chi connectivity index (χ0n) is 9.01. The monoisotopic (exact) mass is 286 g/mol. The zero-order chi connectivity index (χ0) is 11.3. The molecule has 1 rings (SSSR count). The summed E-state index contributed by atoms with van der Waals surface area (Å²) >= 11 is 5.23. The Labute approximate surface area is 103 Å². The fraction of sp³-hybridized carbons (Fsp3) is 0.545. The van der Waals surface area contributed by atoms with Gasteiger partial charge in [-0.3, -0.25) is 0 Å². The van der Waals surface area contributed by atoms with Gasteiger partial charge < -0.3 is 5.32 Å². The molecule has 0 bridgehead atoms. The van der Waals surface area contributed by atoms with Crippen LogP contribution in [0.25, 0.3) is 0 Å².